The van der Waals surface area contributed by atoms with E-state index in [4.69, 9.17) is 5.11 Å². The van der Waals surface area contributed by atoms with E-state index in [2.05, 4.69) is 15.3 Å². The lowest BCUT2D eigenvalue weighted by molar-refractivity contribution is -0.147. The minimum atomic E-state index is -0.907. The topological polar surface area (TPSA) is 95.1 Å². The molecule has 0 saturated carbocycles. The predicted molar refractivity (Wildman–Crippen MR) is 68.3 cm³/mol. The zero-order valence-electron chi connectivity index (χ0n) is 10.5. The largest absolute Gasteiger partial charge is 0.481 e. The third-order valence-electron chi connectivity index (χ3n) is 3.30. The Morgan fingerprint density at radius 3 is 2.74 bits per heavy atom. The van der Waals surface area contributed by atoms with Crippen LogP contribution in [0.1, 0.15) is 18.7 Å². The number of amides is 1. The van der Waals surface area contributed by atoms with Crippen molar-refractivity contribution in [2.75, 3.05) is 6.54 Å². The molecule has 0 bridgehead atoms. The molecule has 0 saturated heterocycles. The average molecular weight is 263 g/mol. The van der Waals surface area contributed by atoms with Crippen LogP contribution in [0.4, 0.5) is 0 Å². The number of hydrogen-bond acceptors (Lipinski definition) is 3. The molecule has 1 aliphatic rings. The number of hydrogen-bond donors (Lipinski definition) is 3. The predicted octanol–water partition coefficient (Wildman–Crippen LogP) is 0.735. The Bertz CT molecular complexity index is 467. The summed E-state index contributed by atoms with van der Waals surface area (Å²) in [6.07, 6.45) is 8.60. The molecule has 6 nitrogen and oxygen atoms in total. The van der Waals surface area contributed by atoms with E-state index in [9.17, 15) is 9.59 Å². The molecule has 3 N–H and O–H groups in total. The highest BCUT2D eigenvalue weighted by molar-refractivity contribution is 5.85. The van der Waals surface area contributed by atoms with Gasteiger partial charge >= 0.3 is 5.97 Å². The minimum Gasteiger partial charge on any atom is -0.481 e. The summed E-state index contributed by atoms with van der Waals surface area (Å²) in [5, 5.41) is 11.9. The maximum Gasteiger partial charge on any atom is 0.307 e. The number of aliphatic carboxylic acids is 1. The summed E-state index contributed by atoms with van der Waals surface area (Å²) < 4.78 is 0. The number of aromatic nitrogens is 2. The fraction of sp³-hybridized carbons (Fsp3) is 0.462. The van der Waals surface area contributed by atoms with Crippen molar-refractivity contribution in [1.82, 2.24) is 15.3 Å². The van der Waals surface area contributed by atoms with E-state index >= 15 is 0 Å². The van der Waals surface area contributed by atoms with Gasteiger partial charge in [-0.05, 0) is 12.8 Å². The summed E-state index contributed by atoms with van der Waals surface area (Å²) >= 11 is 0. The summed E-state index contributed by atoms with van der Waals surface area (Å²) in [6.45, 7) is 0.457. The molecule has 1 amide bonds. The molecule has 102 valence electrons. The first kappa shape index (κ1) is 13.3. The van der Waals surface area contributed by atoms with Gasteiger partial charge in [-0.2, -0.15) is 0 Å². The highest BCUT2D eigenvalue weighted by atomic mass is 16.4. The van der Waals surface area contributed by atoms with Crippen LogP contribution in [0.5, 0.6) is 0 Å². The first-order chi connectivity index (χ1) is 9.18. The lowest BCUT2D eigenvalue weighted by Gasteiger charge is -2.24. The van der Waals surface area contributed by atoms with Crippen LogP contribution >= 0.6 is 0 Å². The molecule has 19 heavy (non-hydrogen) atoms. The van der Waals surface area contributed by atoms with Gasteiger partial charge in [0.2, 0.25) is 5.91 Å². The van der Waals surface area contributed by atoms with Gasteiger partial charge in [0.1, 0.15) is 5.82 Å². The van der Waals surface area contributed by atoms with Crippen molar-refractivity contribution in [3.63, 3.8) is 0 Å². The standard InChI is InChI=1S/C13H17N3O3/c17-12(16-6-5-11-14-7-8-15-11)9-3-1-2-4-10(9)13(18)19/h1-2,7-10H,3-6H2,(H,14,15)(H,16,17)(H,18,19). The molecule has 6 heteroatoms. The first-order valence-electron chi connectivity index (χ1n) is 6.32. The molecule has 1 aliphatic carbocycles. The van der Waals surface area contributed by atoms with Crippen LogP contribution in [0.2, 0.25) is 0 Å². The van der Waals surface area contributed by atoms with Crippen LogP contribution in [0, 0.1) is 11.8 Å². The maximum atomic E-state index is 12.0. The zero-order chi connectivity index (χ0) is 13.7. The molecule has 1 aromatic rings. The van der Waals surface area contributed by atoms with Gasteiger partial charge in [-0.25, -0.2) is 4.98 Å². The smallest absolute Gasteiger partial charge is 0.307 e. The maximum absolute atomic E-state index is 12.0. The van der Waals surface area contributed by atoms with Crippen LogP contribution in [-0.2, 0) is 16.0 Å². The van der Waals surface area contributed by atoms with Crippen molar-refractivity contribution >= 4 is 11.9 Å². The summed E-state index contributed by atoms with van der Waals surface area (Å²) in [7, 11) is 0. The van der Waals surface area contributed by atoms with E-state index in [1.54, 1.807) is 12.4 Å². The molecular weight excluding hydrogens is 246 g/mol. The molecule has 1 aromatic heterocycles. The molecule has 0 radical (unpaired) electrons. The normalized spacial score (nSPS) is 22.1. The zero-order valence-corrected chi connectivity index (χ0v) is 10.5. The van der Waals surface area contributed by atoms with Gasteiger partial charge in [-0.1, -0.05) is 12.2 Å². The number of imidazole rings is 1. The number of rotatable bonds is 5. The van der Waals surface area contributed by atoms with Gasteiger partial charge in [-0.3, -0.25) is 9.59 Å². The Labute approximate surface area is 110 Å². The fourth-order valence-electron chi connectivity index (χ4n) is 2.25. The molecule has 0 aliphatic heterocycles. The number of carboxylic acids is 1. The molecule has 0 fully saturated rings. The number of carbonyl (C=O) groups is 2. The van der Waals surface area contributed by atoms with E-state index in [1.807, 2.05) is 12.2 Å². The monoisotopic (exact) mass is 263 g/mol. The number of H-pyrrole nitrogens is 1. The third-order valence-corrected chi connectivity index (χ3v) is 3.30. The molecular formula is C13H17N3O3. The van der Waals surface area contributed by atoms with Crippen molar-refractivity contribution in [2.45, 2.75) is 19.3 Å². The SMILES string of the molecule is O=C(O)C1CC=CCC1C(=O)NCCc1ncc[nH]1. The molecule has 0 spiro atoms. The lowest BCUT2D eigenvalue weighted by Crippen LogP contribution is -2.39. The van der Waals surface area contributed by atoms with Crippen LogP contribution in [-0.4, -0.2) is 33.5 Å². The number of nitrogens with zero attached hydrogens (tertiary/aromatic N) is 1. The van der Waals surface area contributed by atoms with Crippen molar-refractivity contribution < 1.29 is 14.7 Å². The van der Waals surface area contributed by atoms with E-state index in [1.165, 1.54) is 0 Å². The van der Waals surface area contributed by atoms with Crippen molar-refractivity contribution in [1.29, 1.82) is 0 Å². The summed E-state index contributed by atoms with van der Waals surface area (Å²) in [5.74, 6) is -1.38. The van der Waals surface area contributed by atoms with Crippen molar-refractivity contribution in [3.05, 3.63) is 30.4 Å². The second kappa shape index (κ2) is 6.17. The van der Waals surface area contributed by atoms with E-state index in [-0.39, 0.29) is 5.91 Å². The second-order valence-electron chi connectivity index (χ2n) is 4.57. The number of nitrogens with one attached hydrogen (secondary N) is 2. The highest BCUT2D eigenvalue weighted by Gasteiger charge is 2.33. The Morgan fingerprint density at radius 2 is 2.11 bits per heavy atom. The minimum absolute atomic E-state index is 0.191. The van der Waals surface area contributed by atoms with E-state index in [0.29, 0.717) is 25.8 Å². The number of allylic oxidation sites excluding steroid dienone is 2. The van der Waals surface area contributed by atoms with Crippen molar-refractivity contribution in [2.24, 2.45) is 11.8 Å². The highest BCUT2D eigenvalue weighted by Crippen LogP contribution is 2.25. The third kappa shape index (κ3) is 3.43. The summed E-state index contributed by atoms with van der Waals surface area (Å²) in [6, 6.07) is 0. The number of carboxylic acid groups (broad SMARTS) is 1. The molecule has 0 aromatic carbocycles. The Hall–Kier alpha value is -2.11. The van der Waals surface area contributed by atoms with E-state index in [0.717, 1.165) is 5.82 Å². The summed E-state index contributed by atoms with van der Waals surface area (Å²) in [5.41, 5.74) is 0. The molecule has 2 atom stereocenters. The van der Waals surface area contributed by atoms with Gasteiger partial charge in [0, 0.05) is 25.4 Å². The van der Waals surface area contributed by atoms with Crippen molar-refractivity contribution in [3.8, 4) is 0 Å². The van der Waals surface area contributed by atoms with Gasteiger partial charge in [0.15, 0.2) is 0 Å². The Morgan fingerprint density at radius 1 is 1.37 bits per heavy atom. The average Bonchev–Trinajstić information content (AvgIpc) is 2.91. The van der Waals surface area contributed by atoms with Gasteiger partial charge in [0.05, 0.1) is 11.8 Å². The summed E-state index contributed by atoms with van der Waals surface area (Å²) in [4.78, 5) is 30.1. The van der Waals surface area contributed by atoms with Crippen LogP contribution in [0.3, 0.4) is 0 Å². The van der Waals surface area contributed by atoms with Gasteiger partial charge in [-0.15, -0.1) is 0 Å². The number of aromatic amines is 1. The fourth-order valence-corrected chi connectivity index (χ4v) is 2.25. The van der Waals surface area contributed by atoms with Gasteiger partial charge in [0.25, 0.3) is 0 Å². The first-order valence-corrected chi connectivity index (χ1v) is 6.32. The molecule has 2 unspecified atom stereocenters. The van der Waals surface area contributed by atoms with E-state index < -0.39 is 17.8 Å². The second-order valence-corrected chi connectivity index (χ2v) is 4.57. The molecule has 1 heterocycles. The lowest BCUT2D eigenvalue weighted by atomic mass is 9.82. The Balaban J connectivity index is 1.84. The molecule has 2 rings (SSSR count). The Kier molecular flexibility index (Phi) is 4.33. The van der Waals surface area contributed by atoms with Crippen LogP contribution < -0.4 is 5.32 Å². The van der Waals surface area contributed by atoms with Crippen LogP contribution in [0.15, 0.2) is 24.5 Å². The quantitative estimate of drug-likeness (QED) is 0.683. The van der Waals surface area contributed by atoms with Gasteiger partial charge < -0.3 is 15.4 Å². The van der Waals surface area contributed by atoms with Crippen LogP contribution in [0.25, 0.3) is 0 Å². The number of carbonyl (C=O) groups excluding carboxylic acids is 1.